The molecule has 21 heavy (non-hydrogen) atoms. The number of halogens is 2. The molecule has 2 aromatic carbocycles. The maximum atomic E-state index is 13.4. The van der Waals surface area contributed by atoms with E-state index in [-0.39, 0.29) is 11.4 Å². The minimum absolute atomic E-state index is 0.136. The summed E-state index contributed by atoms with van der Waals surface area (Å²) in [5.74, 6) is -0.255. The number of fused-ring (bicyclic) bond motifs is 1. The minimum Gasteiger partial charge on any atom is -0.490 e. The van der Waals surface area contributed by atoms with E-state index >= 15 is 0 Å². The van der Waals surface area contributed by atoms with Gasteiger partial charge >= 0.3 is 0 Å². The van der Waals surface area contributed by atoms with Gasteiger partial charge in [-0.15, -0.1) is 0 Å². The van der Waals surface area contributed by atoms with Gasteiger partial charge in [-0.25, -0.2) is 8.78 Å². The quantitative estimate of drug-likeness (QED) is 0.832. The highest BCUT2D eigenvalue weighted by molar-refractivity contribution is 5.74. The van der Waals surface area contributed by atoms with E-state index < -0.39 is 11.6 Å². The highest BCUT2D eigenvalue weighted by Crippen LogP contribution is 2.34. The molecular weight excluding hydrogens is 278 g/mol. The van der Waals surface area contributed by atoms with Crippen LogP contribution >= 0.6 is 0 Å². The molecule has 3 N–H and O–H groups in total. The van der Waals surface area contributed by atoms with E-state index in [1.807, 2.05) is 0 Å². The third-order valence-corrected chi connectivity index (χ3v) is 3.12. The smallest absolute Gasteiger partial charge is 0.163 e. The summed E-state index contributed by atoms with van der Waals surface area (Å²) in [7, 11) is 0. The van der Waals surface area contributed by atoms with Gasteiger partial charge in [0.05, 0.1) is 24.6 Å². The lowest BCUT2D eigenvalue weighted by Crippen LogP contribution is -2.01. The molecule has 0 unspecified atom stereocenters. The lowest BCUT2D eigenvalue weighted by Gasteiger charge is -2.13. The second-order valence-electron chi connectivity index (χ2n) is 4.69. The number of hydrogen-bond acceptors (Lipinski definition) is 4. The molecular formula is C15H14F2N2O2. The Morgan fingerprint density at radius 3 is 2.57 bits per heavy atom. The molecule has 0 amide bonds. The first-order chi connectivity index (χ1) is 10.1. The lowest BCUT2D eigenvalue weighted by molar-refractivity contribution is 0.297. The van der Waals surface area contributed by atoms with Crippen LogP contribution < -0.4 is 20.5 Å². The van der Waals surface area contributed by atoms with E-state index in [2.05, 4.69) is 5.32 Å². The van der Waals surface area contributed by atoms with Gasteiger partial charge < -0.3 is 20.5 Å². The second-order valence-corrected chi connectivity index (χ2v) is 4.69. The molecule has 3 rings (SSSR count). The number of hydrogen-bond donors (Lipinski definition) is 2. The van der Waals surface area contributed by atoms with Crippen molar-refractivity contribution in [2.24, 2.45) is 0 Å². The van der Waals surface area contributed by atoms with Crippen LogP contribution in [0.5, 0.6) is 11.5 Å². The van der Waals surface area contributed by atoms with Crippen molar-refractivity contribution in [2.45, 2.75) is 6.42 Å². The molecule has 110 valence electrons. The summed E-state index contributed by atoms with van der Waals surface area (Å²) in [6, 6.07) is 7.07. The van der Waals surface area contributed by atoms with Crippen LogP contribution in [0.15, 0.2) is 30.3 Å². The topological polar surface area (TPSA) is 56.5 Å². The van der Waals surface area contributed by atoms with Crippen LogP contribution in [0.2, 0.25) is 0 Å². The molecule has 0 spiro atoms. The van der Waals surface area contributed by atoms with Gasteiger partial charge in [0.25, 0.3) is 0 Å². The molecule has 0 bridgehead atoms. The van der Waals surface area contributed by atoms with Gasteiger partial charge in [-0.05, 0) is 18.2 Å². The molecule has 1 aliphatic heterocycles. The fourth-order valence-corrected chi connectivity index (χ4v) is 2.08. The zero-order valence-electron chi connectivity index (χ0n) is 11.2. The predicted molar refractivity (Wildman–Crippen MR) is 76.1 cm³/mol. The van der Waals surface area contributed by atoms with E-state index in [1.54, 1.807) is 18.2 Å². The molecule has 2 aromatic rings. The predicted octanol–water partition coefficient (Wildman–Crippen LogP) is 3.45. The van der Waals surface area contributed by atoms with Crippen LogP contribution in [0.4, 0.5) is 25.8 Å². The number of benzene rings is 2. The Morgan fingerprint density at radius 2 is 1.76 bits per heavy atom. The van der Waals surface area contributed by atoms with Crippen LogP contribution in [0.1, 0.15) is 6.42 Å². The molecule has 4 nitrogen and oxygen atoms in total. The van der Waals surface area contributed by atoms with E-state index in [1.165, 1.54) is 0 Å². The normalized spacial score (nSPS) is 13.6. The average Bonchev–Trinajstić information content (AvgIpc) is 2.69. The maximum absolute atomic E-state index is 13.4. The highest BCUT2D eigenvalue weighted by atomic mass is 19.1. The van der Waals surface area contributed by atoms with Crippen LogP contribution in [-0.2, 0) is 0 Å². The van der Waals surface area contributed by atoms with E-state index in [9.17, 15) is 8.78 Å². The van der Waals surface area contributed by atoms with Gasteiger partial charge in [-0.2, -0.15) is 0 Å². The van der Waals surface area contributed by atoms with Crippen molar-refractivity contribution < 1.29 is 18.3 Å². The lowest BCUT2D eigenvalue weighted by atomic mass is 10.2. The van der Waals surface area contributed by atoms with Crippen molar-refractivity contribution in [1.29, 1.82) is 0 Å². The average molecular weight is 292 g/mol. The first-order valence-corrected chi connectivity index (χ1v) is 6.54. The third-order valence-electron chi connectivity index (χ3n) is 3.12. The molecule has 1 aliphatic rings. The van der Waals surface area contributed by atoms with Crippen molar-refractivity contribution in [3.63, 3.8) is 0 Å². The SMILES string of the molecule is Nc1c(F)cc(F)cc1Nc1ccc2c(c1)OCCCO2. The molecule has 6 heteroatoms. The summed E-state index contributed by atoms with van der Waals surface area (Å²) >= 11 is 0. The summed E-state index contributed by atoms with van der Waals surface area (Å²) in [5.41, 5.74) is 6.24. The number of nitrogens with two attached hydrogens (primary N) is 1. The minimum atomic E-state index is -0.799. The van der Waals surface area contributed by atoms with Gasteiger partial charge in [0, 0.05) is 24.2 Å². The van der Waals surface area contributed by atoms with E-state index in [0.29, 0.717) is 30.4 Å². The standard InChI is InChI=1S/C15H14F2N2O2/c16-9-6-11(17)15(18)12(7-9)19-10-2-3-13-14(8-10)21-5-1-4-20-13/h2-3,6-8,19H,1,4-5,18H2. The Balaban J connectivity index is 1.90. The first kappa shape index (κ1) is 13.5. The zero-order chi connectivity index (χ0) is 14.8. The Bertz CT molecular complexity index is 677. The maximum Gasteiger partial charge on any atom is 0.163 e. The Kier molecular flexibility index (Phi) is 3.51. The Morgan fingerprint density at radius 1 is 1.00 bits per heavy atom. The van der Waals surface area contributed by atoms with E-state index in [4.69, 9.17) is 15.2 Å². The molecule has 0 saturated heterocycles. The molecule has 0 atom stereocenters. The molecule has 0 radical (unpaired) electrons. The van der Waals surface area contributed by atoms with Gasteiger partial charge in [-0.3, -0.25) is 0 Å². The number of nitrogen functional groups attached to an aromatic ring is 1. The zero-order valence-corrected chi connectivity index (χ0v) is 11.2. The van der Waals surface area contributed by atoms with Crippen molar-refractivity contribution in [3.05, 3.63) is 42.0 Å². The van der Waals surface area contributed by atoms with Gasteiger partial charge in [-0.1, -0.05) is 0 Å². The number of nitrogens with one attached hydrogen (secondary N) is 1. The highest BCUT2D eigenvalue weighted by Gasteiger charge is 2.12. The largest absolute Gasteiger partial charge is 0.490 e. The van der Waals surface area contributed by atoms with Crippen LogP contribution in [0.3, 0.4) is 0 Å². The molecule has 1 heterocycles. The van der Waals surface area contributed by atoms with Gasteiger partial charge in [0.1, 0.15) is 5.82 Å². The second kappa shape index (κ2) is 5.47. The van der Waals surface area contributed by atoms with Crippen molar-refractivity contribution in [1.82, 2.24) is 0 Å². The van der Waals surface area contributed by atoms with Gasteiger partial charge in [0.15, 0.2) is 17.3 Å². The number of rotatable bonds is 2. The van der Waals surface area contributed by atoms with E-state index in [0.717, 1.165) is 18.6 Å². The monoisotopic (exact) mass is 292 g/mol. The third kappa shape index (κ3) is 2.84. The van der Waals surface area contributed by atoms with Gasteiger partial charge in [0.2, 0.25) is 0 Å². The molecule has 0 saturated carbocycles. The van der Waals surface area contributed by atoms with Crippen LogP contribution in [-0.4, -0.2) is 13.2 Å². The number of anilines is 3. The summed E-state index contributed by atoms with van der Waals surface area (Å²) < 4.78 is 37.8. The Hall–Kier alpha value is -2.50. The summed E-state index contributed by atoms with van der Waals surface area (Å²) in [4.78, 5) is 0. The fraction of sp³-hybridized carbons (Fsp3) is 0.200. The summed E-state index contributed by atoms with van der Waals surface area (Å²) in [6.07, 6.45) is 0.805. The van der Waals surface area contributed by atoms with Crippen LogP contribution in [0, 0.1) is 11.6 Å². The van der Waals surface area contributed by atoms with Crippen molar-refractivity contribution >= 4 is 17.1 Å². The Labute approximate surface area is 120 Å². The molecule has 0 fully saturated rings. The molecule has 0 aromatic heterocycles. The first-order valence-electron chi connectivity index (χ1n) is 6.54. The number of ether oxygens (including phenoxy) is 2. The summed E-state index contributed by atoms with van der Waals surface area (Å²) in [6.45, 7) is 1.16. The fourth-order valence-electron chi connectivity index (χ4n) is 2.08. The van der Waals surface area contributed by atoms with Crippen molar-refractivity contribution in [2.75, 3.05) is 24.3 Å². The summed E-state index contributed by atoms with van der Waals surface area (Å²) in [5, 5.41) is 2.88. The van der Waals surface area contributed by atoms with Crippen molar-refractivity contribution in [3.8, 4) is 11.5 Å². The van der Waals surface area contributed by atoms with Crippen LogP contribution in [0.25, 0.3) is 0 Å². The molecule has 0 aliphatic carbocycles.